The quantitative estimate of drug-likeness (QED) is 0.741. The lowest BCUT2D eigenvalue weighted by atomic mass is 10.1. The van der Waals surface area contributed by atoms with E-state index < -0.39 is 0 Å². The number of carbonyl (C=O) groups is 1. The fraction of sp³-hybridized carbons (Fsp3) is 0.909. The molecule has 1 atom stereocenters. The molecule has 4 heteroatoms. The van der Waals surface area contributed by atoms with Gasteiger partial charge in [-0.15, -0.1) is 0 Å². The highest BCUT2D eigenvalue weighted by atomic mass is 16.5. The van der Waals surface area contributed by atoms with E-state index in [1.54, 1.807) is 7.11 Å². The predicted octanol–water partition coefficient (Wildman–Crippen LogP) is 0.579. The van der Waals surface area contributed by atoms with Crippen LogP contribution in [0.5, 0.6) is 0 Å². The van der Waals surface area contributed by atoms with Crippen LogP contribution >= 0.6 is 0 Å². The number of rotatable bonds is 4. The molecule has 2 aliphatic rings. The Morgan fingerprint density at radius 2 is 2.27 bits per heavy atom. The number of hydrogen-bond donors (Lipinski definition) is 1. The smallest absolute Gasteiger partial charge is 0.244 e. The molecular weight excluding hydrogens is 192 g/mol. The van der Waals surface area contributed by atoms with Crippen molar-refractivity contribution >= 4 is 5.91 Å². The maximum atomic E-state index is 12.1. The summed E-state index contributed by atoms with van der Waals surface area (Å²) in [5.74, 6) is 0.726. The molecule has 1 amide bonds. The minimum absolute atomic E-state index is 0.190. The number of nitrogens with one attached hydrogen (secondary N) is 1. The first-order chi connectivity index (χ1) is 7.10. The summed E-state index contributed by atoms with van der Waals surface area (Å²) in [6.07, 6.45) is 2.19. The van der Waals surface area contributed by atoms with Gasteiger partial charge in [-0.3, -0.25) is 10.1 Å². The molecule has 0 aromatic rings. The summed E-state index contributed by atoms with van der Waals surface area (Å²) in [5, 5.41) is 3.47. The highest BCUT2D eigenvalue weighted by molar-refractivity contribution is 5.91. The van der Waals surface area contributed by atoms with Crippen molar-refractivity contribution in [2.75, 3.05) is 20.3 Å². The van der Waals surface area contributed by atoms with Crippen LogP contribution in [0.15, 0.2) is 0 Å². The number of methoxy groups -OCH3 is 1. The molecule has 0 aromatic heterocycles. The molecule has 1 aliphatic heterocycles. The van der Waals surface area contributed by atoms with Gasteiger partial charge in [0.25, 0.3) is 0 Å². The second kappa shape index (κ2) is 3.76. The van der Waals surface area contributed by atoms with Gasteiger partial charge >= 0.3 is 0 Å². The summed E-state index contributed by atoms with van der Waals surface area (Å²) < 4.78 is 5.05. The molecule has 1 unspecified atom stereocenters. The van der Waals surface area contributed by atoms with E-state index in [2.05, 4.69) is 19.2 Å². The van der Waals surface area contributed by atoms with Gasteiger partial charge in [-0.25, -0.2) is 0 Å². The molecule has 0 radical (unpaired) electrons. The number of ether oxygens (including phenoxy) is 1. The fourth-order valence-electron chi connectivity index (χ4n) is 2.26. The number of nitrogens with zero attached hydrogens (tertiary/aromatic N) is 1. The summed E-state index contributed by atoms with van der Waals surface area (Å²) in [7, 11) is 1.67. The number of carbonyl (C=O) groups excluding carboxylic acids is 1. The van der Waals surface area contributed by atoms with Crippen LogP contribution in [0.25, 0.3) is 0 Å². The molecule has 0 bridgehead atoms. The Hall–Kier alpha value is -0.610. The molecule has 2 fully saturated rings. The standard InChI is InChI=1S/C11H20N2O2/c1-8(2)9-12-11(4-5-11)10(14)13(9)6-7-15-3/h8-9,12H,4-7H2,1-3H3. The van der Waals surface area contributed by atoms with Gasteiger partial charge in [-0.2, -0.15) is 0 Å². The van der Waals surface area contributed by atoms with Gasteiger partial charge < -0.3 is 9.64 Å². The molecule has 1 spiro atoms. The van der Waals surface area contributed by atoms with Gasteiger partial charge in [0.2, 0.25) is 5.91 Å². The van der Waals surface area contributed by atoms with E-state index in [0.29, 0.717) is 19.1 Å². The van der Waals surface area contributed by atoms with E-state index >= 15 is 0 Å². The van der Waals surface area contributed by atoms with Crippen molar-refractivity contribution in [2.24, 2.45) is 5.92 Å². The van der Waals surface area contributed by atoms with Crippen molar-refractivity contribution in [3.05, 3.63) is 0 Å². The first-order valence-electron chi connectivity index (χ1n) is 5.68. The van der Waals surface area contributed by atoms with Gasteiger partial charge in [-0.05, 0) is 18.8 Å². The third-order valence-corrected chi connectivity index (χ3v) is 3.35. The number of hydrogen-bond acceptors (Lipinski definition) is 3. The molecule has 86 valence electrons. The van der Waals surface area contributed by atoms with Gasteiger partial charge in [0, 0.05) is 13.7 Å². The zero-order chi connectivity index (χ0) is 11.1. The van der Waals surface area contributed by atoms with Gasteiger partial charge in [0.1, 0.15) is 0 Å². The largest absolute Gasteiger partial charge is 0.383 e. The van der Waals surface area contributed by atoms with Crippen LogP contribution in [-0.2, 0) is 9.53 Å². The molecule has 1 heterocycles. The molecule has 1 saturated carbocycles. The Labute approximate surface area is 91.0 Å². The monoisotopic (exact) mass is 212 g/mol. The first kappa shape index (κ1) is 10.9. The van der Waals surface area contributed by atoms with Crippen LogP contribution < -0.4 is 5.32 Å². The summed E-state index contributed by atoms with van der Waals surface area (Å²) in [5.41, 5.74) is -0.192. The van der Waals surface area contributed by atoms with Crippen LogP contribution in [0.3, 0.4) is 0 Å². The summed E-state index contributed by atoms with van der Waals surface area (Å²) in [6, 6.07) is 0. The third-order valence-electron chi connectivity index (χ3n) is 3.35. The van der Waals surface area contributed by atoms with E-state index in [-0.39, 0.29) is 17.6 Å². The number of amides is 1. The van der Waals surface area contributed by atoms with Gasteiger partial charge in [0.05, 0.1) is 18.3 Å². The summed E-state index contributed by atoms with van der Waals surface area (Å²) in [6.45, 7) is 5.61. The van der Waals surface area contributed by atoms with Gasteiger partial charge in [0.15, 0.2) is 0 Å². The van der Waals surface area contributed by atoms with E-state index in [4.69, 9.17) is 4.74 Å². The highest BCUT2D eigenvalue weighted by Crippen LogP contribution is 2.43. The van der Waals surface area contributed by atoms with E-state index in [9.17, 15) is 4.79 Å². The minimum Gasteiger partial charge on any atom is -0.383 e. The second-order valence-corrected chi connectivity index (χ2v) is 4.91. The Bertz CT molecular complexity index is 261. The van der Waals surface area contributed by atoms with Crippen LogP contribution in [0.1, 0.15) is 26.7 Å². The zero-order valence-electron chi connectivity index (χ0n) is 9.75. The first-order valence-corrected chi connectivity index (χ1v) is 5.68. The maximum Gasteiger partial charge on any atom is 0.244 e. The van der Waals surface area contributed by atoms with Crippen molar-refractivity contribution in [1.29, 1.82) is 0 Å². The van der Waals surface area contributed by atoms with Crippen LogP contribution in [0, 0.1) is 5.92 Å². The molecule has 4 nitrogen and oxygen atoms in total. The van der Waals surface area contributed by atoms with Crippen molar-refractivity contribution in [1.82, 2.24) is 10.2 Å². The van der Waals surface area contributed by atoms with Crippen LogP contribution in [-0.4, -0.2) is 42.8 Å². The molecule has 1 N–H and O–H groups in total. The van der Waals surface area contributed by atoms with E-state index in [1.165, 1.54) is 0 Å². The lowest BCUT2D eigenvalue weighted by Gasteiger charge is -2.26. The second-order valence-electron chi connectivity index (χ2n) is 4.91. The van der Waals surface area contributed by atoms with Gasteiger partial charge in [-0.1, -0.05) is 13.8 Å². The Morgan fingerprint density at radius 3 is 2.73 bits per heavy atom. The average molecular weight is 212 g/mol. The Morgan fingerprint density at radius 1 is 1.60 bits per heavy atom. The van der Waals surface area contributed by atoms with Crippen molar-refractivity contribution < 1.29 is 9.53 Å². The van der Waals surface area contributed by atoms with Crippen molar-refractivity contribution in [3.8, 4) is 0 Å². The van der Waals surface area contributed by atoms with E-state index in [0.717, 1.165) is 12.8 Å². The normalized spacial score (nSPS) is 28.1. The van der Waals surface area contributed by atoms with E-state index in [1.807, 2.05) is 4.90 Å². The molecule has 1 aliphatic carbocycles. The maximum absolute atomic E-state index is 12.1. The average Bonchev–Trinajstić information content (AvgIpc) is 2.91. The lowest BCUT2D eigenvalue weighted by Crippen LogP contribution is -2.43. The summed E-state index contributed by atoms with van der Waals surface area (Å²) >= 11 is 0. The third kappa shape index (κ3) is 1.76. The minimum atomic E-state index is -0.192. The van der Waals surface area contributed by atoms with Crippen LogP contribution in [0.2, 0.25) is 0 Å². The molecule has 1 saturated heterocycles. The lowest BCUT2D eigenvalue weighted by molar-refractivity contribution is -0.131. The molecular formula is C11H20N2O2. The topological polar surface area (TPSA) is 41.6 Å². The fourth-order valence-corrected chi connectivity index (χ4v) is 2.26. The molecule has 15 heavy (non-hydrogen) atoms. The highest BCUT2D eigenvalue weighted by Gasteiger charge is 2.59. The van der Waals surface area contributed by atoms with Crippen molar-refractivity contribution in [2.45, 2.75) is 38.4 Å². The Kier molecular flexibility index (Phi) is 2.73. The zero-order valence-corrected chi connectivity index (χ0v) is 9.75. The molecule has 0 aromatic carbocycles. The van der Waals surface area contributed by atoms with Crippen molar-refractivity contribution in [3.63, 3.8) is 0 Å². The Balaban J connectivity index is 2.06. The van der Waals surface area contributed by atoms with Crippen LogP contribution in [0.4, 0.5) is 0 Å². The SMILES string of the molecule is COCCN1C(=O)C2(CC2)NC1C(C)C. The predicted molar refractivity (Wildman–Crippen MR) is 57.3 cm³/mol. The summed E-state index contributed by atoms with van der Waals surface area (Å²) in [4.78, 5) is 14.1. The molecule has 2 rings (SSSR count).